The molecule has 0 spiro atoms. The normalized spacial score (nSPS) is 21.7. The van der Waals surface area contributed by atoms with Crippen LogP contribution in [-0.4, -0.2) is 78.9 Å². The van der Waals surface area contributed by atoms with Gasteiger partial charge in [-0.15, -0.1) is 0 Å². The molecule has 3 N–H and O–H groups in total. The molecular weight excluding hydrogens is 514 g/mol. The second-order valence-electron chi connectivity index (χ2n) is 11.1. The van der Waals surface area contributed by atoms with Gasteiger partial charge in [0, 0.05) is 51.2 Å². The lowest BCUT2D eigenvalue weighted by Crippen LogP contribution is -2.56. The van der Waals surface area contributed by atoms with Crippen LogP contribution in [-0.2, 0) is 33.8 Å². The van der Waals surface area contributed by atoms with Gasteiger partial charge in [0.2, 0.25) is 17.7 Å². The summed E-state index contributed by atoms with van der Waals surface area (Å²) < 4.78 is 0. The average molecular weight is 554 g/mol. The highest BCUT2D eigenvalue weighted by molar-refractivity contribution is 6.30. The van der Waals surface area contributed by atoms with E-state index in [9.17, 15) is 14.4 Å². The van der Waals surface area contributed by atoms with Crippen LogP contribution in [0.2, 0.25) is 5.02 Å². The fraction of sp³-hybridized carbons (Fsp3) is 0.500. The van der Waals surface area contributed by atoms with Crippen molar-refractivity contribution in [1.82, 2.24) is 25.8 Å². The van der Waals surface area contributed by atoms with Gasteiger partial charge in [-0.3, -0.25) is 19.3 Å². The van der Waals surface area contributed by atoms with Crippen LogP contribution in [0.1, 0.15) is 37.0 Å². The number of halogens is 1. The standard InChI is InChI=1S/C30H40ClN5O3/c1-19(2)17-36-18-24(15-27(36)29(38)32-3)35(4)30(39)26(13-20-9-11-23(31)12-10-20)34-28(37)25-14-21-7-5-6-8-22(21)16-33-25/h5-12,19,24-27,33H,13-18H2,1-4H3,(H,32,38)(H,34,37)/t24-,25+,26+,27-/m0/s1. The number of likely N-dealkylation sites (tertiary alicyclic amines) is 1. The summed E-state index contributed by atoms with van der Waals surface area (Å²) in [6.45, 7) is 6.24. The minimum atomic E-state index is -0.750. The molecule has 3 amide bonds. The van der Waals surface area contributed by atoms with Crippen molar-refractivity contribution >= 4 is 29.3 Å². The van der Waals surface area contributed by atoms with E-state index < -0.39 is 12.1 Å². The zero-order chi connectivity index (χ0) is 28.1. The summed E-state index contributed by atoms with van der Waals surface area (Å²) in [7, 11) is 3.43. The Bertz CT molecular complexity index is 1170. The highest BCUT2D eigenvalue weighted by Gasteiger charge is 2.41. The van der Waals surface area contributed by atoms with Crippen LogP contribution in [0.5, 0.6) is 0 Å². The Hall–Kier alpha value is -2.94. The number of amides is 3. The molecule has 8 nitrogen and oxygen atoms in total. The van der Waals surface area contributed by atoms with Gasteiger partial charge in [0.05, 0.1) is 12.1 Å². The summed E-state index contributed by atoms with van der Waals surface area (Å²) in [6, 6.07) is 13.8. The number of rotatable bonds is 9. The Morgan fingerprint density at radius 1 is 1.08 bits per heavy atom. The maximum Gasteiger partial charge on any atom is 0.245 e. The third-order valence-corrected chi connectivity index (χ3v) is 8.04. The minimum Gasteiger partial charge on any atom is -0.358 e. The smallest absolute Gasteiger partial charge is 0.245 e. The zero-order valence-corrected chi connectivity index (χ0v) is 24.0. The SMILES string of the molecule is CNC(=O)[C@@H]1C[C@H](N(C)C(=O)[C@@H](Cc2ccc(Cl)cc2)NC(=O)[C@H]2Cc3ccccc3CN2)CN1CC(C)C. The molecule has 2 aromatic rings. The molecule has 2 aromatic carbocycles. The number of benzene rings is 2. The Morgan fingerprint density at radius 3 is 2.44 bits per heavy atom. The fourth-order valence-corrected chi connectivity index (χ4v) is 5.79. The van der Waals surface area contributed by atoms with Gasteiger partial charge in [-0.05, 0) is 47.6 Å². The molecule has 2 heterocycles. The maximum absolute atomic E-state index is 13.9. The van der Waals surface area contributed by atoms with Crippen molar-refractivity contribution in [3.8, 4) is 0 Å². The van der Waals surface area contributed by atoms with Crippen LogP contribution in [0.25, 0.3) is 0 Å². The molecule has 9 heteroatoms. The van der Waals surface area contributed by atoms with E-state index in [1.54, 1.807) is 31.1 Å². The molecule has 0 aromatic heterocycles. The summed E-state index contributed by atoms with van der Waals surface area (Å²) in [5.41, 5.74) is 3.24. The lowest BCUT2D eigenvalue weighted by molar-refractivity contribution is -0.137. The number of hydrogen-bond acceptors (Lipinski definition) is 5. The number of nitrogens with one attached hydrogen (secondary N) is 3. The molecule has 0 saturated carbocycles. The summed E-state index contributed by atoms with van der Waals surface area (Å²) in [5.74, 6) is -0.00137. The first-order valence-corrected chi connectivity index (χ1v) is 14.1. The average Bonchev–Trinajstić information content (AvgIpc) is 3.35. The molecule has 39 heavy (non-hydrogen) atoms. The van der Waals surface area contributed by atoms with Crippen molar-refractivity contribution in [2.75, 3.05) is 27.2 Å². The van der Waals surface area contributed by atoms with E-state index in [0.717, 1.165) is 17.7 Å². The third-order valence-electron chi connectivity index (χ3n) is 7.79. The van der Waals surface area contributed by atoms with E-state index in [4.69, 9.17) is 11.6 Å². The number of carbonyl (C=O) groups is 3. The second-order valence-corrected chi connectivity index (χ2v) is 11.6. The topological polar surface area (TPSA) is 93.8 Å². The molecular formula is C30H40ClN5O3. The van der Waals surface area contributed by atoms with Crippen molar-refractivity contribution in [1.29, 1.82) is 0 Å². The van der Waals surface area contributed by atoms with E-state index in [2.05, 4.69) is 40.8 Å². The molecule has 2 aliphatic heterocycles. The highest BCUT2D eigenvalue weighted by Crippen LogP contribution is 2.24. The minimum absolute atomic E-state index is 0.0336. The molecule has 1 fully saturated rings. The van der Waals surface area contributed by atoms with Crippen LogP contribution < -0.4 is 16.0 Å². The molecule has 210 valence electrons. The first kappa shape index (κ1) is 29.1. The number of fused-ring (bicyclic) bond motifs is 1. The van der Waals surface area contributed by atoms with Crippen molar-refractivity contribution in [3.63, 3.8) is 0 Å². The maximum atomic E-state index is 13.9. The first-order valence-electron chi connectivity index (χ1n) is 13.7. The van der Waals surface area contributed by atoms with Gasteiger partial charge in [-0.25, -0.2) is 0 Å². The number of hydrogen-bond donors (Lipinski definition) is 3. The molecule has 4 rings (SSSR count). The first-order chi connectivity index (χ1) is 18.7. The van der Waals surface area contributed by atoms with E-state index in [0.29, 0.717) is 43.3 Å². The van der Waals surface area contributed by atoms with Crippen molar-refractivity contribution in [2.24, 2.45) is 5.92 Å². The van der Waals surface area contributed by atoms with Gasteiger partial charge in [0.15, 0.2) is 0 Å². The second kappa shape index (κ2) is 12.9. The Kier molecular flexibility index (Phi) is 9.64. The van der Waals surface area contributed by atoms with Gasteiger partial charge in [-0.2, -0.15) is 0 Å². The molecule has 1 saturated heterocycles. The van der Waals surface area contributed by atoms with E-state index in [-0.39, 0.29) is 29.8 Å². The molecule has 0 unspecified atom stereocenters. The molecule has 0 aliphatic carbocycles. The largest absolute Gasteiger partial charge is 0.358 e. The van der Waals surface area contributed by atoms with Crippen LogP contribution >= 0.6 is 11.6 Å². The van der Waals surface area contributed by atoms with Crippen molar-refractivity contribution in [3.05, 3.63) is 70.2 Å². The Labute approximate surface area is 236 Å². The van der Waals surface area contributed by atoms with Crippen LogP contribution in [0.4, 0.5) is 0 Å². The van der Waals surface area contributed by atoms with Gasteiger partial charge in [0.25, 0.3) is 0 Å². The fourth-order valence-electron chi connectivity index (χ4n) is 5.66. The van der Waals surface area contributed by atoms with E-state index in [1.807, 2.05) is 30.3 Å². The van der Waals surface area contributed by atoms with Gasteiger partial charge in [-0.1, -0.05) is 61.8 Å². The quantitative estimate of drug-likeness (QED) is 0.443. The van der Waals surface area contributed by atoms with Crippen molar-refractivity contribution in [2.45, 2.75) is 63.8 Å². The van der Waals surface area contributed by atoms with Gasteiger partial charge >= 0.3 is 0 Å². The molecule has 0 bridgehead atoms. The van der Waals surface area contributed by atoms with Crippen molar-refractivity contribution < 1.29 is 14.4 Å². The van der Waals surface area contributed by atoms with Crippen LogP contribution in [0.15, 0.2) is 48.5 Å². The van der Waals surface area contributed by atoms with E-state index >= 15 is 0 Å². The van der Waals surface area contributed by atoms with Gasteiger partial charge in [0.1, 0.15) is 6.04 Å². The number of nitrogens with zero attached hydrogens (tertiary/aromatic N) is 2. The lowest BCUT2D eigenvalue weighted by atomic mass is 9.95. The predicted octanol–water partition coefficient (Wildman–Crippen LogP) is 2.39. The summed E-state index contributed by atoms with van der Waals surface area (Å²) in [4.78, 5) is 43.9. The summed E-state index contributed by atoms with van der Waals surface area (Å²) >= 11 is 6.08. The monoisotopic (exact) mass is 553 g/mol. The lowest BCUT2D eigenvalue weighted by Gasteiger charge is -2.31. The predicted molar refractivity (Wildman–Crippen MR) is 153 cm³/mol. The summed E-state index contributed by atoms with van der Waals surface area (Å²) in [6.07, 6.45) is 1.47. The van der Waals surface area contributed by atoms with Crippen LogP contribution in [0.3, 0.4) is 0 Å². The Morgan fingerprint density at radius 2 is 1.77 bits per heavy atom. The van der Waals surface area contributed by atoms with E-state index in [1.165, 1.54) is 5.56 Å². The Balaban J connectivity index is 1.51. The highest BCUT2D eigenvalue weighted by atomic mass is 35.5. The van der Waals surface area contributed by atoms with Gasteiger partial charge < -0.3 is 20.9 Å². The third kappa shape index (κ3) is 7.18. The zero-order valence-electron chi connectivity index (χ0n) is 23.2. The molecule has 2 aliphatic rings. The molecule has 0 radical (unpaired) electrons. The number of carbonyl (C=O) groups excluding carboxylic acids is 3. The summed E-state index contributed by atoms with van der Waals surface area (Å²) in [5, 5.41) is 9.76. The molecule has 4 atom stereocenters. The van der Waals surface area contributed by atoms with Crippen LogP contribution in [0, 0.1) is 5.92 Å². The number of likely N-dealkylation sites (N-methyl/N-ethyl adjacent to an activating group) is 2.